The van der Waals surface area contributed by atoms with E-state index in [2.05, 4.69) is 20.8 Å². The van der Waals surface area contributed by atoms with Gasteiger partial charge in [-0.3, -0.25) is 9.59 Å². The molecule has 4 rings (SSSR count). The van der Waals surface area contributed by atoms with Gasteiger partial charge in [0.25, 0.3) is 0 Å². The molecule has 0 aromatic carbocycles. The zero-order valence-electron chi connectivity index (χ0n) is 18.0. The Morgan fingerprint density at radius 3 is 2.46 bits per heavy atom. The maximum Gasteiger partial charge on any atom is 0.161 e. The van der Waals surface area contributed by atoms with Crippen molar-refractivity contribution in [1.29, 1.82) is 0 Å². The van der Waals surface area contributed by atoms with Gasteiger partial charge >= 0.3 is 0 Å². The first kappa shape index (κ1) is 20.3. The first-order chi connectivity index (χ1) is 13.5. The van der Waals surface area contributed by atoms with E-state index in [1.165, 1.54) is 18.4 Å². The lowest BCUT2D eigenvalue weighted by Gasteiger charge is -2.56. The SMILES string of the molecule is CCC1(CC)C[C@H]2C(=CC1=O)CC[C@@H]1[C@@H]2CC[C@]2(CC)[C@@H](C(=O)CO)CC[C@@H]12. The summed E-state index contributed by atoms with van der Waals surface area (Å²) in [7, 11) is 0. The van der Waals surface area contributed by atoms with Gasteiger partial charge < -0.3 is 5.11 Å². The summed E-state index contributed by atoms with van der Waals surface area (Å²) < 4.78 is 0. The van der Waals surface area contributed by atoms with Crippen molar-refractivity contribution in [2.75, 3.05) is 6.61 Å². The van der Waals surface area contributed by atoms with E-state index in [0.29, 0.717) is 29.5 Å². The standard InChI is InChI=1S/C25H38O3/c1-4-24(5-2)14-19-16(13-23(24)28)7-8-18-17(19)11-12-25(6-3)20(18)9-10-21(25)22(27)15-26/h13,17-21,26H,4-12,14-15H2,1-3H3/t17-,18+,19-,20-,21+,25-/m0/s1. The Morgan fingerprint density at radius 2 is 1.82 bits per heavy atom. The zero-order valence-corrected chi connectivity index (χ0v) is 18.0. The number of carbonyl (C=O) groups is 2. The third-order valence-electron chi connectivity index (χ3n) is 9.97. The fourth-order valence-electron chi connectivity index (χ4n) is 8.31. The van der Waals surface area contributed by atoms with E-state index in [9.17, 15) is 14.7 Å². The number of Topliss-reactive ketones (excluding diaryl/α,β-unsaturated/α-hetero) is 1. The molecule has 3 nitrogen and oxygen atoms in total. The Balaban J connectivity index is 1.64. The van der Waals surface area contributed by atoms with E-state index in [1.54, 1.807) is 0 Å². The maximum atomic E-state index is 12.9. The van der Waals surface area contributed by atoms with E-state index in [4.69, 9.17) is 0 Å². The van der Waals surface area contributed by atoms with Crippen LogP contribution in [0, 0.1) is 40.4 Å². The Labute approximate surface area is 170 Å². The molecule has 4 aliphatic rings. The zero-order chi connectivity index (χ0) is 20.1. The summed E-state index contributed by atoms with van der Waals surface area (Å²) in [5.41, 5.74) is 1.42. The Morgan fingerprint density at radius 1 is 1.07 bits per heavy atom. The summed E-state index contributed by atoms with van der Waals surface area (Å²) >= 11 is 0. The molecule has 0 bridgehead atoms. The highest BCUT2D eigenvalue weighted by atomic mass is 16.3. The van der Waals surface area contributed by atoms with Crippen LogP contribution >= 0.6 is 0 Å². The van der Waals surface area contributed by atoms with Crippen LogP contribution in [0.25, 0.3) is 0 Å². The molecule has 0 radical (unpaired) electrons. The van der Waals surface area contributed by atoms with Gasteiger partial charge in [-0.25, -0.2) is 0 Å². The van der Waals surface area contributed by atoms with Crippen molar-refractivity contribution in [1.82, 2.24) is 0 Å². The molecule has 0 aromatic heterocycles. The molecule has 6 atom stereocenters. The number of rotatable bonds is 5. The third kappa shape index (κ3) is 2.71. The van der Waals surface area contributed by atoms with Crippen LogP contribution in [0.5, 0.6) is 0 Å². The van der Waals surface area contributed by atoms with Gasteiger partial charge in [0, 0.05) is 11.3 Å². The van der Waals surface area contributed by atoms with Gasteiger partial charge in [-0.1, -0.05) is 26.3 Å². The minimum absolute atomic E-state index is 0.0729. The number of aliphatic hydroxyl groups excluding tert-OH is 1. The number of aliphatic hydroxyl groups is 1. The highest BCUT2D eigenvalue weighted by molar-refractivity contribution is 5.96. The summed E-state index contributed by atoms with van der Waals surface area (Å²) in [5.74, 6) is 3.15. The molecule has 1 N–H and O–H groups in total. The van der Waals surface area contributed by atoms with Crippen LogP contribution in [-0.4, -0.2) is 23.3 Å². The van der Waals surface area contributed by atoms with Gasteiger partial charge in [0.2, 0.25) is 0 Å². The van der Waals surface area contributed by atoms with Crippen LogP contribution in [0.3, 0.4) is 0 Å². The van der Waals surface area contributed by atoms with Crippen molar-refractivity contribution in [3.05, 3.63) is 11.6 Å². The van der Waals surface area contributed by atoms with Crippen LogP contribution < -0.4 is 0 Å². The summed E-state index contributed by atoms with van der Waals surface area (Å²) in [5, 5.41) is 9.53. The van der Waals surface area contributed by atoms with Gasteiger partial charge in [-0.2, -0.15) is 0 Å². The van der Waals surface area contributed by atoms with Crippen LogP contribution in [0.15, 0.2) is 11.6 Å². The minimum Gasteiger partial charge on any atom is -0.389 e. The van der Waals surface area contributed by atoms with Crippen molar-refractivity contribution in [3.63, 3.8) is 0 Å². The van der Waals surface area contributed by atoms with E-state index in [1.807, 2.05) is 6.08 Å². The van der Waals surface area contributed by atoms with Crippen molar-refractivity contribution < 1.29 is 14.7 Å². The van der Waals surface area contributed by atoms with Crippen LogP contribution in [-0.2, 0) is 9.59 Å². The first-order valence-electron chi connectivity index (χ1n) is 11.8. The topological polar surface area (TPSA) is 54.4 Å². The van der Waals surface area contributed by atoms with E-state index in [0.717, 1.165) is 51.4 Å². The molecule has 0 amide bonds. The predicted molar refractivity (Wildman–Crippen MR) is 111 cm³/mol. The molecule has 4 aliphatic carbocycles. The molecule has 0 aliphatic heterocycles. The lowest BCUT2D eigenvalue weighted by Crippen LogP contribution is -2.50. The third-order valence-corrected chi connectivity index (χ3v) is 9.97. The lowest BCUT2D eigenvalue weighted by molar-refractivity contribution is -0.134. The van der Waals surface area contributed by atoms with Crippen LogP contribution in [0.1, 0.15) is 85.0 Å². The average molecular weight is 387 g/mol. The summed E-state index contributed by atoms with van der Waals surface area (Å²) in [6.07, 6.45) is 12.8. The van der Waals surface area contributed by atoms with Crippen LogP contribution in [0.4, 0.5) is 0 Å². The van der Waals surface area contributed by atoms with E-state index >= 15 is 0 Å². The number of hydrogen-bond donors (Lipinski definition) is 1. The average Bonchev–Trinajstić information content (AvgIpc) is 3.12. The van der Waals surface area contributed by atoms with Gasteiger partial charge in [0.05, 0.1) is 0 Å². The summed E-state index contributed by atoms with van der Waals surface area (Å²) in [4.78, 5) is 25.4. The second-order valence-electron chi connectivity index (χ2n) is 10.2. The Hall–Kier alpha value is -0.960. The number of fused-ring (bicyclic) bond motifs is 5. The summed E-state index contributed by atoms with van der Waals surface area (Å²) in [6.45, 7) is 6.35. The predicted octanol–water partition coefficient (Wildman–Crippen LogP) is 5.11. The monoisotopic (exact) mass is 386 g/mol. The highest BCUT2D eigenvalue weighted by Crippen LogP contribution is 2.66. The summed E-state index contributed by atoms with van der Waals surface area (Å²) in [6, 6.07) is 0. The normalized spacial score (nSPS) is 41.6. The maximum absolute atomic E-state index is 12.9. The number of ketones is 2. The fourth-order valence-corrected chi connectivity index (χ4v) is 8.31. The van der Waals surface area contributed by atoms with Crippen molar-refractivity contribution in [2.45, 2.75) is 85.0 Å². The quantitative estimate of drug-likeness (QED) is 0.714. The molecule has 3 saturated carbocycles. The molecule has 0 spiro atoms. The molecule has 3 heteroatoms. The van der Waals surface area contributed by atoms with Crippen molar-refractivity contribution in [3.8, 4) is 0 Å². The molecular formula is C25H38O3. The number of carbonyl (C=O) groups excluding carboxylic acids is 2. The van der Waals surface area contributed by atoms with Gasteiger partial charge in [0.1, 0.15) is 6.61 Å². The second-order valence-corrected chi connectivity index (χ2v) is 10.2. The smallest absolute Gasteiger partial charge is 0.161 e. The fraction of sp³-hybridized carbons (Fsp3) is 0.840. The molecule has 156 valence electrons. The van der Waals surface area contributed by atoms with Gasteiger partial charge in [0.15, 0.2) is 11.6 Å². The molecule has 0 aromatic rings. The van der Waals surface area contributed by atoms with Crippen LogP contribution in [0.2, 0.25) is 0 Å². The molecule has 0 heterocycles. The van der Waals surface area contributed by atoms with E-state index < -0.39 is 0 Å². The second kappa shape index (κ2) is 7.38. The molecule has 0 saturated heterocycles. The van der Waals surface area contributed by atoms with E-state index in [-0.39, 0.29) is 29.1 Å². The molecular weight excluding hydrogens is 348 g/mol. The lowest BCUT2D eigenvalue weighted by atomic mass is 9.48. The van der Waals surface area contributed by atoms with Gasteiger partial charge in [-0.05, 0) is 99.4 Å². The molecule has 0 unspecified atom stereocenters. The highest BCUT2D eigenvalue weighted by Gasteiger charge is 2.59. The largest absolute Gasteiger partial charge is 0.389 e. The van der Waals surface area contributed by atoms with Crippen molar-refractivity contribution in [2.24, 2.45) is 40.4 Å². The Bertz CT molecular complexity index is 673. The number of hydrogen-bond acceptors (Lipinski definition) is 3. The Kier molecular flexibility index (Phi) is 5.35. The minimum atomic E-state index is -0.291. The first-order valence-corrected chi connectivity index (χ1v) is 11.8. The number of allylic oxidation sites excluding steroid dienone is 1. The molecule has 28 heavy (non-hydrogen) atoms. The van der Waals surface area contributed by atoms with Crippen molar-refractivity contribution >= 4 is 11.6 Å². The van der Waals surface area contributed by atoms with Gasteiger partial charge in [-0.15, -0.1) is 0 Å². The molecule has 3 fully saturated rings.